The minimum absolute atomic E-state index is 0.0350. The van der Waals surface area contributed by atoms with Crippen molar-refractivity contribution in [1.82, 2.24) is 9.21 Å². The molecule has 7 nitrogen and oxygen atoms in total. The summed E-state index contributed by atoms with van der Waals surface area (Å²) in [7, 11) is -2.38. The van der Waals surface area contributed by atoms with E-state index in [9.17, 15) is 26.8 Å². The van der Waals surface area contributed by atoms with Gasteiger partial charge in [-0.3, -0.25) is 9.59 Å². The minimum Gasteiger partial charge on any atom is -0.455 e. The van der Waals surface area contributed by atoms with Crippen molar-refractivity contribution in [2.24, 2.45) is 5.92 Å². The number of nitrogens with zero attached hydrogens (tertiary/aromatic N) is 2. The number of benzene rings is 1. The third-order valence-corrected chi connectivity index (χ3v) is 7.81. The highest BCUT2D eigenvalue weighted by molar-refractivity contribution is 7.89. The molecule has 0 bridgehead atoms. The molecule has 3 rings (SSSR count). The summed E-state index contributed by atoms with van der Waals surface area (Å²) in [5.74, 6) is -3.79. The Morgan fingerprint density at radius 2 is 1.90 bits per heavy atom. The highest BCUT2D eigenvalue weighted by atomic mass is 32.2. The lowest BCUT2D eigenvalue weighted by Crippen LogP contribution is -2.41. The van der Waals surface area contributed by atoms with Crippen molar-refractivity contribution in [3.05, 3.63) is 52.2 Å². The molecule has 168 valence electrons. The number of likely N-dealkylation sites (N-methyl/N-ethyl adjacent to an activating group) is 1. The second-order valence-corrected chi connectivity index (χ2v) is 10.2. The van der Waals surface area contributed by atoms with Gasteiger partial charge >= 0.3 is 5.97 Å². The lowest BCUT2D eigenvalue weighted by Gasteiger charge is -2.30. The number of ether oxygens (including phenoxy) is 1. The highest BCUT2D eigenvalue weighted by Gasteiger charge is 2.33. The van der Waals surface area contributed by atoms with E-state index in [1.807, 2.05) is 17.5 Å². The smallest absolute Gasteiger partial charge is 0.309 e. The summed E-state index contributed by atoms with van der Waals surface area (Å²) < 4.78 is 58.0. The molecule has 1 amide bonds. The summed E-state index contributed by atoms with van der Waals surface area (Å²) in [4.78, 5) is 26.6. The van der Waals surface area contributed by atoms with Gasteiger partial charge in [-0.1, -0.05) is 6.07 Å². The van der Waals surface area contributed by atoms with Crippen LogP contribution in [0.5, 0.6) is 0 Å². The van der Waals surface area contributed by atoms with Crippen molar-refractivity contribution >= 4 is 33.2 Å². The van der Waals surface area contributed by atoms with Gasteiger partial charge in [0.05, 0.1) is 17.4 Å². The number of amides is 1. The van der Waals surface area contributed by atoms with Crippen LogP contribution < -0.4 is 0 Å². The van der Waals surface area contributed by atoms with E-state index >= 15 is 0 Å². The van der Waals surface area contributed by atoms with Crippen LogP contribution in [0.4, 0.5) is 8.78 Å². The first-order valence-electron chi connectivity index (χ1n) is 9.56. The Labute approximate surface area is 183 Å². The SMILES string of the molecule is CN(Cc1cccs1)C(=O)COC(=O)C1CCN(S(=O)(=O)c2ccc(F)c(F)c2)CC1. The zero-order valence-electron chi connectivity index (χ0n) is 16.8. The summed E-state index contributed by atoms with van der Waals surface area (Å²) >= 11 is 1.52. The van der Waals surface area contributed by atoms with Gasteiger partial charge in [0.15, 0.2) is 18.2 Å². The first kappa shape index (κ1) is 23.3. The summed E-state index contributed by atoms with van der Waals surface area (Å²) in [6.45, 7) is 0.114. The number of rotatable bonds is 7. The van der Waals surface area contributed by atoms with Gasteiger partial charge in [-0.15, -0.1) is 11.3 Å². The Kier molecular flexibility index (Phi) is 7.39. The first-order valence-corrected chi connectivity index (χ1v) is 11.9. The molecule has 1 saturated heterocycles. The molecule has 1 aromatic heterocycles. The van der Waals surface area contributed by atoms with E-state index in [0.717, 1.165) is 21.3 Å². The van der Waals surface area contributed by atoms with Crippen molar-refractivity contribution < 1.29 is 31.5 Å². The van der Waals surface area contributed by atoms with E-state index in [1.54, 1.807) is 7.05 Å². The van der Waals surface area contributed by atoms with Gasteiger partial charge < -0.3 is 9.64 Å². The summed E-state index contributed by atoms with van der Waals surface area (Å²) in [6.07, 6.45) is 0.419. The molecule has 2 heterocycles. The molecule has 1 fully saturated rings. The van der Waals surface area contributed by atoms with Crippen molar-refractivity contribution in [1.29, 1.82) is 0 Å². The number of esters is 1. The van der Waals surface area contributed by atoms with Gasteiger partial charge in [-0.2, -0.15) is 4.31 Å². The molecule has 1 aromatic carbocycles. The molecule has 0 N–H and O–H groups in total. The van der Waals surface area contributed by atoms with Crippen molar-refractivity contribution in [3.63, 3.8) is 0 Å². The molecular weight excluding hydrogens is 450 g/mol. The van der Waals surface area contributed by atoms with Crippen molar-refractivity contribution in [2.45, 2.75) is 24.3 Å². The summed E-state index contributed by atoms with van der Waals surface area (Å²) in [6, 6.07) is 6.20. The number of sulfonamides is 1. The zero-order valence-corrected chi connectivity index (χ0v) is 18.4. The van der Waals surface area contributed by atoms with E-state index in [1.165, 1.54) is 16.2 Å². The molecule has 0 saturated carbocycles. The van der Waals surface area contributed by atoms with Gasteiger partial charge in [0, 0.05) is 25.0 Å². The quantitative estimate of drug-likeness (QED) is 0.579. The number of hydrogen-bond donors (Lipinski definition) is 0. The molecule has 1 aliphatic rings. The average molecular weight is 473 g/mol. The maximum atomic E-state index is 13.4. The number of thiophene rings is 1. The van der Waals surface area contributed by atoms with Crippen LogP contribution in [0.2, 0.25) is 0 Å². The van der Waals surface area contributed by atoms with E-state index in [4.69, 9.17) is 4.74 Å². The first-order chi connectivity index (χ1) is 14.7. The fourth-order valence-corrected chi connectivity index (χ4v) is 5.44. The predicted octanol–water partition coefficient (Wildman–Crippen LogP) is 2.63. The van der Waals surface area contributed by atoms with Crippen LogP contribution in [-0.2, 0) is 30.9 Å². The number of carbonyl (C=O) groups is 2. The number of carbonyl (C=O) groups excluding carboxylic acids is 2. The number of halogens is 2. The predicted molar refractivity (Wildman–Crippen MR) is 110 cm³/mol. The van der Waals surface area contributed by atoms with Gasteiger partial charge in [-0.25, -0.2) is 17.2 Å². The van der Waals surface area contributed by atoms with Gasteiger partial charge in [-0.05, 0) is 42.5 Å². The van der Waals surface area contributed by atoms with Gasteiger partial charge in [0.25, 0.3) is 5.91 Å². The third kappa shape index (κ3) is 5.66. The fraction of sp³-hybridized carbons (Fsp3) is 0.400. The van der Waals surface area contributed by atoms with Crippen LogP contribution in [-0.4, -0.2) is 56.2 Å². The maximum Gasteiger partial charge on any atom is 0.309 e. The van der Waals surface area contributed by atoms with Crippen LogP contribution in [0.1, 0.15) is 17.7 Å². The van der Waals surface area contributed by atoms with Crippen molar-refractivity contribution in [2.75, 3.05) is 26.7 Å². The summed E-state index contributed by atoms with van der Waals surface area (Å²) in [5.41, 5.74) is 0. The van der Waals surface area contributed by atoms with Gasteiger partial charge in [0.2, 0.25) is 10.0 Å². The molecule has 0 spiro atoms. The zero-order chi connectivity index (χ0) is 22.6. The van der Waals surface area contributed by atoms with Crippen LogP contribution in [0.25, 0.3) is 0 Å². The maximum absolute atomic E-state index is 13.4. The van der Waals surface area contributed by atoms with E-state index in [-0.39, 0.29) is 43.3 Å². The molecule has 1 aliphatic heterocycles. The Morgan fingerprint density at radius 3 is 2.52 bits per heavy atom. The van der Waals surface area contributed by atoms with Crippen LogP contribution in [0.3, 0.4) is 0 Å². The van der Waals surface area contributed by atoms with E-state index in [2.05, 4.69) is 0 Å². The van der Waals surface area contributed by atoms with Crippen LogP contribution in [0.15, 0.2) is 40.6 Å². The lowest BCUT2D eigenvalue weighted by atomic mass is 9.98. The Balaban J connectivity index is 1.49. The standard InChI is InChI=1S/C20H22F2N2O5S2/c1-23(12-15-3-2-10-30-15)19(25)13-29-20(26)14-6-8-24(9-7-14)31(27,28)16-4-5-17(21)18(22)11-16/h2-5,10-11,14H,6-9,12-13H2,1H3. The topological polar surface area (TPSA) is 84.0 Å². The van der Waals surface area contributed by atoms with Crippen molar-refractivity contribution in [3.8, 4) is 0 Å². The molecule has 0 radical (unpaired) electrons. The highest BCUT2D eigenvalue weighted by Crippen LogP contribution is 2.25. The fourth-order valence-electron chi connectivity index (χ4n) is 3.20. The molecule has 31 heavy (non-hydrogen) atoms. The second-order valence-electron chi connectivity index (χ2n) is 7.19. The molecule has 2 aromatic rings. The molecule has 0 aliphatic carbocycles. The van der Waals surface area contributed by atoms with Gasteiger partial charge in [0.1, 0.15) is 0 Å². The number of hydrogen-bond acceptors (Lipinski definition) is 6. The largest absolute Gasteiger partial charge is 0.455 e. The lowest BCUT2D eigenvalue weighted by molar-refractivity contribution is -0.156. The number of piperidine rings is 1. The molecule has 0 atom stereocenters. The third-order valence-electron chi connectivity index (χ3n) is 5.05. The molecular formula is C20H22F2N2O5S2. The van der Waals surface area contributed by atoms with Crippen LogP contribution >= 0.6 is 11.3 Å². The van der Waals surface area contributed by atoms with E-state index in [0.29, 0.717) is 12.6 Å². The van der Waals surface area contributed by atoms with E-state index < -0.39 is 33.5 Å². The second kappa shape index (κ2) is 9.84. The average Bonchev–Trinajstić information content (AvgIpc) is 3.26. The van der Waals surface area contributed by atoms with Crippen LogP contribution in [0, 0.1) is 17.6 Å². The normalized spacial score (nSPS) is 15.6. The Bertz CT molecular complexity index is 1040. The summed E-state index contributed by atoms with van der Waals surface area (Å²) in [5, 5.41) is 1.91. The minimum atomic E-state index is -4.00. The Morgan fingerprint density at radius 1 is 1.19 bits per heavy atom. The molecule has 0 unspecified atom stereocenters. The Hall–Kier alpha value is -2.37. The molecule has 11 heteroatoms. The monoisotopic (exact) mass is 472 g/mol.